The number of hydrogen-bond acceptors (Lipinski definition) is 2. The molecule has 1 N–H and O–H groups in total. The molecular formula is C13H14N2O. The minimum Gasteiger partial charge on any atom is -0.352 e. The molecule has 0 spiro atoms. The van der Waals surface area contributed by atoms with Crippen LogP contribution in [0.25, 0.3) is 0 Å². The van der Waals surface area contributed by atoms with E-state index >= 15 is 0 Å². The average molecular weight is 214 g/mol. The van der Waals surface area contributed by atoms with Crippen LogP contribution in [0.1, 0.15) is 35.2 Å². The van der Waals surface area contributed by atoms with Crippen LogP contribution in [0.15, 0.2) is 24.3 Å². The average Bonchev–Trinajstić information content (AvgIpc) is 2.27. The van der Waals surface area contributed by atoms with Gasteiger partial charge in [-0.05, 0) is 43.0 Å². The summed E-state index contributed by atoms with van der Waals surface area (Å²) in [5.74, 6) is 0.624. The maximum Gasteiger partial charge on any atom is 0.251 e. The van der Waals surface area contributed by atoms with Crippen LogP contribution in [0.3, 0.4) is 0 Å². The van der Waals surface area contributed by atoms with Gasteiger partial charge >= 0.3 is 0 Å². The van der Waals surface area contributed by atoms with E-state index in [1.807, 2.05) is 6.07 Å². The second-order valence-electron chi connectivity index (χ2n) is 4.20. The highest BCUT2D eigenvalue weighted by atomic mass is 16.1. The summed E-state index contributed by atoms with van der Waals surface area (Å²) in [5.41, 5.74) is 1.20. The molecule has 1 aliphatic carbocycles. The van der Waals surface area contributed by atoms with Gasteiger partial charge in [0.25, 0.3) is 5.91 Å². The second kappa shape index (κ2) is 4.80. The van der Waals surface area contributed by atoms with Crippen molar-refractivity contribution in [2.24, 2.45) is 5.92 Å². The predicted molar refractivity (Wildman–Crippen MR) is 60.8 cm³/mol. The number of nitrogens with zero attached hydrogens (tertiary/aromatic N) is 1. The van der Waals surface area contributed by atoms with Crippen LogP contribution in [-0.4, -0.2) is 12.5 Å². The molecule has 0 unspecified atom stereocenters. The van der Waals surface area contributed by atoms with E-state index in [-0.39, 0.29) is 5.91 Å². The van der Waals surface area contributed by atoms with Crippen molar-refractivity contribution in [2.75, 3.05) is 6.54 Å². The summed E-state index contributed by atoms with van der Waals surface area (Å²) in [6.07, 6.45) is 3.75. The van der Waals surface area contributed by atoms with Gasteiger partial charge in [0.2, 0.25) is 0 Å². The first kappa shape index (κ1) is 10.7. The zero-order valence-corrected chi connectivity index (χ0v) is 9.07. The van der Waals surface area contributed by atoms with Gasteiger partial charge in [0.15, 0.2) is 0 Å². The minimum atomic E-state index is -0.0450. The molecule has 0 saturated heterocycles. The van der Waals surface area contributed by atoms with Crippen molar-refractivity contribution < 1.29 is 4.79 Å². The number of nitriles is 1. The van der Waals surface area contributed by atoms with E-state index in [2.05, 4.69) is 5.32 Å². The van der Waals surface area contributed by atoms with Gasteiger partial charge in [-0.2, -0.15) is 5.26 Å². The summed E-state index contributed by atoms with van der Waals surface area (Å²) < 4.78 is 0. The van der Waals surface area contributed by atoms with E-state index < -0.39 is 0 Å². The summed E-state index contributed by atoms with van der Waals surface area (Å²) in [4.78, 5) is 11.7. The maximum atomic E-state index is 11.7. The van der Waals surface area contributed by atoms with Gasteiger partial charge in [0.1, 0.15) is 0 Å². The molecule has 3 nitrogen and oxygen atoms in total. The third kappa shape index (κ3) is 2.40. The number of rotatable bonds is 3. The predicted octanol–water partition coefficient (Wildman–Crippen LogP) is 2.09. The van der Waals surface area contributed by atoms with Crippen molar-refractivity contribution in [3.63, 3.8) is 0 Å². The molecule has 0 aliphatic heterocycles. The molecule has 0 aromatic heterocycles. The Morgan fingerprint density at radius 3 is 2.56 bits per heavy atom. The summed E-state index contributed by atoms with van der Waals surface area (Å²) in [6, 6.07) is 8.74. The minimum absolute atomic E-state index is 0.0450. The topological polar surface area (TPSA) is 52.9 Å². The fourth-order valence-corrected chi connectivity index (χ4v) is 1.73. The Hall–Kier alpha value is -1.82. The Morgan fingerprint density at radius 1 is 1.38 bits per heavy atom. The Labute approximate surface area is 95.1 Å². The number of hydrogen-bond donors (Lipinski definition) is 1. The number of carbonyl (C=O) groups is 1. The standard InChI is InChI=1S/C13H14N2O/c14-8-10-4-6-12(7-5-10)13(16)15-9-11-2-1-3-11/h4-7,11H,1-3,9H2,(H,15,16). The largest absolute Gasteiger partial charge is 0.352 e. The monoisotopic (exact) mass is 214 g/mol. The fourth-order valence-electron chi connectivity index (χ4n) is 1.73. The molecule has 1 aromatic rings. The first-order valence-electron chi connectivity index (χ1n) is 5.58. The molecular weight excluding hydrogens is 200 g/mol. The Kier molecular flexibility index (Phi) is 3.21. The molecule has 16 heavy (non-hydrogen) atoms. The molecule has 1 aliphatic rings. The molecule has 1 aromatic carbocycles. The second-order valence-corrected chi connectivity index (χ2v) is 4.20. The van der Waals surface area contributed by atoms with E-state index in [4.69, 9.17) is 5.26 Å². The maximum absolute atomic E-state index is 11.7. The first-order valence-corrected chi connectivity index (χ1v) is 5.58. The molecule has 0 radical (unpaired) electrons. The van der Waals surface area contributed by atoms with E-state index in [1.54, 1.807) is 24.3 Å². The van der Waals surface area contributed by atoms with Crippen molar-refractivity contribution in [3.05, 3.63) is 35.4 Å². The zero-order valence-electron chi connectivity index (χ0n) is 9.07. The third-order valence-corrected chi connectivity index (χ3v) is 3.05. The normalized spacial score (nSPS) is 14.9. The van der Waals surface area contributed by atoms with Crippen molar-refractivity contribution in [2.45, 2.75) is 19.3 Å². The van der Waals surface area contributed by atoms with E-state index in [9.17, 15) is 4.79 Å². The van der Waals surface area contributed by atoms with Gasteiger partial charge in [-0.15, -0.1) is 0 Å². The summed E-state index contributed by atoms with van der Waals surface area (Å²) in [5, 5.41) is 11.5. The highest BCUT2D eigenvalue weighted by molar-refractivity contribution is 5.94. The Morgan fingerprint density at radius 2 is 2.06 bits per heavy atom. The van der Waals surface area contributed by atoms with Crippen LogP contribution >= 0.6 is 0 Å². The number of benzene rings is 1. The van der Waals surface area contributed by atoms with Crippen LogP contribution < -0.4 is 5.32 Å². The Balaban J connectivity index is 1.89. The van der Waals surface area contributed by atoms with Crippen molar-refractivity contribution >= 4 is 5.91 Å². The van der Waals surface area contributed by atoms with Crippen LogP contribution in [-0.2, 0) is 0 Å². The van der Waals surface area contributed by atoms with Crippen LogP contribution in [0, 0.1) is 17.2 Å². The van der Waals surface area contributed by atoms with Crippen LogP contribution in [0.2, 0.25) is 0 Å². The lowest BCUT2D eigenvalue weighted by atomic mass is 9.85. The molecule has 1 fully saturated rings. The molecule has 0 bridgehead atoms. The van der Waals surface area contributed by atoms with Gasteiger partial charge in [-0.3, -0.25) is 4.79 Å². The molecule has 0 heterocycles. The fraction of sp³-hybridized carbons (Fsp3) is 0.385. The van der Waals surface area contributed by atoms with Crippen LogP contribution in [0.5, 0.6) is 0 Å². The van der Waals surface area contributed by atoms with Gasteiger partial charge in [0.05, 0.1) is 11.6 Å². The van der Waals surface area contributed by atoms with Gasteiger partial charge in [-0.25, -0.2) is 0 Å². The third-order valence-electron chi connectivity index (χ3n) is 3.05. The number of amides is 1. The van der Waals surface area contributed by atoms with Crippen molar-refractivity contribution in [3.8, 4) is 6.07 Å². The quantitative estimate of drug-likeness (QED) is 0.837. The molecule has 3 heteroatoms. The van der Waals surface area contributed by atoms with Crippen LogP contribution in [0.4, 0.5) is 0 Å². The lowest BCUT2D eigenvalue weighted by Gasteiger charge is -2.25. The van der Waals surface area contributed by atoms with E-state index in [0.29, 0.717) is 17.0 Å². The summed E-state index contributed by atoms with van der Waals surface area (Å²) >= 11 is 0. The van der Waals surface area contributed by atoms with Gasteiger partial charge in [-0.1, -0.05) is 6.42 Å². The van der Waals surface area contributed by atoms with E-state index in [1.165, 1.54) is 19.3 Å². The van der Waals surface area contributed by atoms with Gasteiger partial charge in [0, 0.05) is 12.1 Å². The zero-order chi connectivity index (χ0) is 11.4. The lowest BCUT2D eigenvalue weighted by Crippen LogP contribution is -2.32. The highest BCUT2D eigenvalue weighted by Gasteiger charge is 2.18. The lowest BCUT2D eigenvalue weighted by molar-refractivity contribution is 0.0939. The first-order chi connectivity index (χ1) is 7.79. The Bertz CT molecular complexity index is 413. The highest BCUT2D eigenvalue weighted by Crippen LogP contribution is 2.25. The van der Waals surface area contributed by atoms with Crippen molar-refractivity contribution in [1.82, 2.24) is 5.32 Å². The van der Waals surface area contributed by atoms with Crippen molar-refractivity contribution in [1.29, 1.82) is 5.26 Å². The van der Waals surface area contributed by atoms with E-state index in [0.717, 1.165) is 6.54 Å². The smallest absolute Gasteiger partial charge is 0.251 e. The molecule has 1 amide bonds. The number of nitrogens with one attached hydrogen (secondary N) is 1. The SMILES string of the molecule is N#Cc1ccc(C(=O)NCC2CCC2)cc1. The number of carbonyl (C=O) groups excluding carboxylic acids is 1. The molecule has 2 rings (SSSR count). The molecule has 1 saturated carbocycles. The molecule has 0 atom stereocenters. The van der Waals surface area contributed by atoms with Gasteiger partial charge < -0.3 is 5.32 Å². The summed E-state index contributed by atoms with van der Waals surface area (Å²) in [7, 11) is 0. The molecule has 82 valence electrons. The summed E-state index contributed by atoms with van der Waals surface area (Å²) in [6.45, 7) is 0.777.